The summed E-state index contributed by atoms with van der Waals surface area (Å²) < 4.78 is 15.6. The van der Waals surface area contributed by atoms with Gasteiger partial charge in [-0.25, -0.2) is 4.79 Å². The number of nitrogens with one attached hydrogen (secondary N) is 1. The number of nitrogens with zero attached hydrogens (tertiary/aromatic N) is 4. The number of aryl methyl sites for hydroxylation is 1. The van der Waals surface area contributed by atoms with Crippen molar-refractivity contribution in [3.8, 4) is 22.9 Å². The van der Waals surface area contributed by atoms with Gasteiger partial charge >= 0.3 is 6.03 Å². The predicted molar refractivity (Wildman–Crippen MR) is 122 cm³/mol. The second kappa shape index (κ2) is 9.35. The van der Waals surface area contributed by atoms with Crippen LogP contribution in [0.4, 0.5) is 16.2 Å². The van der Waals surface area contributed by atoms with Gasteiger partial charge in [0.15, 0.2) is 0 Å². The molecule has 0 unspecified atom stereocenters. The van der Waals surface area contributed by atoms with Crippen LogP contribution in [0, 0.1) is 6.92 Å². The summed E-state index contributed by atoms with van der Waals surface area (Å²) >= 11 is 6.20. The van der Waals surface area contributed by atoms with Gasteiger partial charge in [0.2, 0.25) is 11.7 Å². The Kier molecular flexibility index (Phi) is 6.36. The molecule has 3 aromatic rings. The number of piperazine rings is 1. The quantitative estimate of drug-likeness (QED) is 0.617. The fraction of sp³-hybridized carbons (Fsp3) is 0.318. The predicted octanol–water partition coefficient (Wildman–Crippen LogP) is 4.07. The van der Waals surface area contributed by atoms with Crippen molar-refractivity contribution in [1.29, 1.82) is 0 Å². The number of urea groups is 1. The second-order valence-corrected chi connectivity index (χ2v) is 7.68. The molecule has 2 heterocycles. The van der Waals surface area contributed by atoms with E-state index in [9.17, 15) is 4.79 Å². The van der Waals surface area contributed by atoms with Crippen molar-refractivity contribution in [1.82, 2.24) is 15.0 Å². The first-order valence-electron chi connectivity index (χ1n) is 10.1. The Morgan fingerprint density at radius 2 is 1.75 bits per heavy atom. The molecule has 1 fully saturated rings. The maximum atomic E-state index is 12.8. The molecule has 0 radical (unpaired) electrons. The lowest BCUT2D eigenvalue weighted by atomic mass is 10.1. The molecule has 4 rings (SSSR count). The monoisotopic (exact) mass is 457 g/mol. The number of amides is 2. The van der Waals surface area contributed by atoms with Gasteiger partial charge in [-0.1, -0.05) is 16.8 Å². The number of carbonyl (C=O) groups is 1. The zero-order chi connectivity index (χ0) is 22.7. The normalized spacial score (nSPS) is 13.8. The second-order valence-electron chi connectivity index (χ2n) is 7.28. The molecule has 1 aliphatic heterocycles. The molecule has 1 aliphatic rings. The minimum Gasteiger partial charge on any atom is -0.495 e. The topological polar surface area (TPSA) is 93.0 Å². The van der Waals surface area contributed by atoms with E-state index >= 15 is 0 Å². The van der Waals surface area contributed by atoms with E-state index in [-0.39, 0.29) is 6.03 Å². The van der Waals surface area contributed by atoms with E-state index in [1.54, 1.807) is 24.0 Å². The molecule has 1 N–H and O–H groups in total. The van der Waals surface area contributed by atoms with Crippen LogP contribution in [0.1, 0.15) is 5.89 Å². The third-order valence-corrected chi connectivity index (χ3v) is 5.60. The van der Waals surface area contributed by atoms with E-state index in [2.05, 4.69) is 20.4 Å². The minimum absolute atomic E-state index is 0.202. The maximum Gasteiger partial charge on any atom is 0.322 e. The van der Waals surface area contributed by atoms with Gasteiger partial charge < -0.3 is 29.1 Å². The Morgan fingerprint density at radius 3 is 2.34 bits per heavy atom. The highest BCUT2D eigenvalue weighted by Gasteiger charge is 2.23. The van der Waals surface area contributed by atoms with Crippen LogP contribution < -0.4 is 19.7 Å². The Labute approximate surface area is 190 Å². The minimum atomic E-state index is -0.202. The largest absolute Gasteiger partial charge is 0.495 e. The molecule has 0 spiro atoms. The van der Waals surface area contributed by atoms with Crippen LogP contribution in [0.15, 0.2) is 40.9 Å². The van der Waals surface area contributed by atoms with Crippen molar-refractivity contribution in [2.45, 2.75) is 6.92 Å². The van der Waals surface area contributed by atoms with E-state index in [0.29, 0.717) is 60.1 Å². The number of halogens is 1. The first-order valence-corrected chi connectivity index (χ1v) is 10.5. The number of methoxy groups -OCH3 is 2. The fourth-order valence-corrected chi connectivity index (χ4v) is 3.80. The van der Waals surface area contributed by atoms with Crippen molar-refractivity contribution in [2.24, 2.45) is 0 Å². The Bertz CT molecular complexity index is 1090. The summed E-state index contributed by atoms with van der Waals surface area (Å²) in [4.78, 5) is 21.0. The van der Waals surface area contributed by atoms with Crippen molar-refractivity contribution in [3.05, 3.63) is 47.3 Å². The van der Waals surface area contributed by atoms with Gasteiger partial charge in [-0.05, 0) is 30.3 Å². The molecule has 10 heteroatoms. The number of hydrogen-bond acceptors (Lipinski definition) is 7. The van der Waals surface area contributed by atoms with Crippen LogP contribution in [-0.4, -0.2) is 61.5 Å². The van der Waals surface area contributed by atoms with Crippen LogP contribution in [0.25, 0.3) is 11.4 Å². The summed E-state index contributed by atoms with van der Waals surface area (Å²) in [6, 6.07) is 11.1. The summed E-state index contributed by atoms with van der Waals surface area (Å²) in [5, 5.41) is 7.23. The highest BCUT2D eigenvalue weighted by Crippen LogP contribution is 2.36. The molecule has 0 aliphatic carbocycles. The van der Waals surface area contributed by atoms with E-state index in [0.717, 1.165) is 11.3 Å². The van der Waals surface area contributed by atoms with Crippen molar-refractivity contribution >= 4 is 29.0 Å². The summed E-state index contributed by atoms with van der Waals surface area (Å²) in [6.45, 7) is 4.37. The molecule has 0 saturated carbocycles. The summed E-state index contributed by atoms with van der Waals surface area (Å²) in [5.74, 6) is 2.07. The molecule has 32 heavy (non-hydrogen) atoms. The van der Waals surface area contributed by atoms with Crippen molar-refractivity contribution in [3.63, 3.8) is 0 Å². The average molecular weight is 458 g/mol. The number of aromatic nitrogens is 2. The number of benzene rings is 2. The van der Waals surface area contributed by atoms with Gasteiger partial charge in [-0.3, -0.25) is 0 Å². The first kappa shape index (κ1) is 21.8. The number of carbonyl (C=O) groups excluding carboxylic acids is 1. The van der Waals surface area contributed by atoms with E-state index in [1.807, 2.05) is 24.3 Å². The lowest BCUT2D eigenvalue weighted by Crippen LogP contribution is -2.50. The van der Waals surface area contributed by atoms with Gasteiger partial charge in [0.25, 0.3) is 0 Å². The van der Waals surface area contributed by atoms with Gasteiger partial charge in [0.05, 0.1) is 24.9 Å². The molecule has 0 bridgehead atoms. The molecular weight excluding hydrogens is 434 g/mol. The highest BCUT2D eigenvalue weighted by molar-refractivity contribution is 6.32. The standard InChI is InChI=1S/C22H24ClN5O4/c1-14-24-21(26-32-14)15-4-6-16(7-5-15)27-8-10-28(11-9-27)22(29)25-18-12-17(23)19(30-2)13-20(18)31-3/h4-7,12-13H,8-11H2,1-3H3,(H,25,29). The lowest BCUT2D eigenvalue weighted by Gasteiger charge is -2.36. The first-order chi connectivity index (χ1) is 15.5. The lowest BCUT2D eigenvalue weighted by molar-refractivity contribution is 0.208. The molecule has 2 aromatic carbocycles. The zero-order valence-electron chi connectivity index (χ0n) is 18.1. The Morgan fingerprint density at radius 1 is 1.06 bits per heavy atom. The summed E-state index contributed by atoms with van der Waals surface area (Å²) in [7, 11) is 3.06. The van der Waals surface area contributed by atoms with E-state index < -0.39 is 0 Å². The van der Waals surface area contributed by atoms with Crippen LogP contribution in [-0.2, 0) is 0 Å². The Hall–Kier alpha value is -3.46. The summed E-state index contributed by atoms with van der Waals surface area (Å²) in [6.07, 6.45) is 0. The molecule has 9 nitrogen and oxygen atoms in total. The average Bonchev–Trinajstić information content (AvgIpc) is 3.26. The Balaban J connectivity index is 1.36. The molecule has 0 atom stereocenters. The summed E-state index contributed by atoms with van der Waals surface area (Å²) in [5.41, 5.74) is 2.48. The van der Waals surface area contributed by atoms with E-state index in [4.69, 9.17) is 25.6 Å². The van der Waals surface area contributed by atoms with Gasteiger partial charge in [0.1, 0.15) is 11.5 Å². The van der Waals surface area contributed by atoms with Crippen LogP contribution in [0.2, 0.25) is 5.02 Å². The van der Waals surface area contributed by atoms with Crippen molar-refractivity contribution < 1.29 is 18.8 Å². The van der Waals surface area contributed by atoms with E-state index in [1.165, 1.54) is 14.2 Å². The number of hydrogen-bond donors (Lipinski definition) is 1. The van der Waals surface area contributed by atoms with Crippen LogP contribution in [0.5, 0.6) is 11.5 Å². The molecular formula is C22H24ClN5O4. The van der Waals surface area contributed by atoms with Gasteiger partial charge in [0, 0.05) is 50.4 Å². The number of anilines is 2. The maximum absolute atomic E-state index is 12.8. The van der Waals surface area contributed by atoms with Crippen LogP contribution >= 0.6 is 11.6 Å². The van der Waals surface area contributed by atoms with Crippen molar-refractivity contribution in [2.75, 3.05) is 50.6 Å². The SMILES string of the molecule is COc1cc(OC)c(NC(=O)N2CCN(c3ccc(-c4noc(C)n4)cc3)CC2)cc1Cl. The molecule has 168 valence electrons. The fourth-order valence-electron chi connectivity index (χ4n) is 3.56. The number of ether oxygens (including phenoxy) is 2. The molecule has 1 aromatic heterocycles. The molecule has 2 amide bonds. The number of rotatable bonds is 5. The third-order valence-electron chi connectivity index (χ3n) is 5.30. The van der Waals surface area contributed by atoms with Gasteiger partial charge in [-0.2, -0.15) is 4.98 Å². The third kappa shape index (κ3) is 4.57. The van der Waals surface area contributed by atoms with Crippen LogP contribution in [0.3, 0.4) is 0 Å². The van der Waals surface area contributed by atoms with Gasteiger partial charge in [-0.15, -0.1) is 0 Å². The zero-order valence-corrected chi connectivity index (χ0v) is 18.8. The molecule has 1 saturated heterocycles. The smallest absolute Gasteiger partial charge is 0.322 e. The highest BCUT2D eigenvalue weighted by atomic mass is 35.5.